The van der Waals surface area contributed by atoms with Gasteiger partial charge in [-0.25, -0.2) is 9.11 Å². The molecule has 27 heavy (non-hydrogen) atoms. The van der Waals surface area contributed by atoms with Gasteiger partial charge in [-0.1, -0.05) is 28.9 Å². The topological polar surface area (TPSA) is 95.6 Å². The second-order valence-electron chi connectivity index (χ2n) is 5.99. The first-order chi connectivity index (χ1) is 12.7. The van der Waals surface area contributed by atoms with Crippen molar-refractivity contribution in [2.24, 2.45) is 0 Å². The number of nitrogens with zero attached hydrogens (tertiary/aromatic N) is 1. The highest BCUT2D eigenvalue weighted by Crippen LogP contribution is 2.42. The Labute approximate surface area is 160 Å². The molecule has 2 aromatic carbocycles. The van der Waals surface area contributed by atoms with Gasteiger partial charge in [0.1, 0.15) is 23.0 Å². The Hall–Kier alpha value is -2.55. The number of benzene rings is 2. The van der Waals surface area contributed by atoms with Gasteiger partial charge in [0.2, 0.25) is 0 Å². The van der Waals surface area contributed by atoms with E-state index in [1.807, 2.05) is 0 Å². The number of hydrogen-bond acceptors (Lipinski definition) is 5. The maximum atomic E-state index is 13.3. The van der Waals surface area contributed by atoms with E-state index in [2.05, 4.69) is 15.7 Å². The third-order valence-electron chi connectivity index (χ3n) is 3.75. The SMILES string of the molecule is C=S(C)(=O)NCc1noc(-c2cc(Cl)c(O)cc2O)c1-c1ccc(F)cc1. The van der Waals surface area contributed by atoms with E-state index in [1.165, 1.54) is 36.6 Å². The lowest BCUT2D eigenvalue weighted by atomic mass is 9.99. The van der Waals surface area contributed by atoms with Crippen molar-refractivity contribution >= 4 is 27.2 Å². The molecule has 0 aliphatic heterocycles. The molecule has 142 valence electrons. The van der Waals surface area contributed by atoms with Gasteiger partial charge in [0, 0.05) is 22.0 Å². The lowest BCUT2D eigenvalue weighted by Crippen LogP contribution is -2.21. The summed E-state index contributed by atoms with van der Waals surface area (Å²) in [5.41, 5.74) is 1.61. The van der Waals surface area contributed by atoms with Crippen molar-refractivity contribution in [3.63, 3.8) is 0 Å². The molecule has 1 unspecified atom stereocenters. The third-order valence-corrected chi connectivity index (χ3v) is 4.81. The fraction of sp³-hybridized carbons (Fsp3) is 0.111. The molecule has 0 spiro atoms. The predicted octanol–water partition coefficient (Wildman–Crippen LogP) is 3.56. The summed E-state index contributed by atoms with van der Waals surface area (Å²) in [6, 6.07) is 8.03. The molecule has 3 rings (SSSR count). The van der Waals surface area contributed by atoms with E-state index < -0.39 is 15.5 Å². The van der Waals surface area contributed by atoms with Crippen LogP contribution >= 0.6 is 11.6 Å². The molecule has 0 saturated heterocycles. The highest BCUT2D eigenvalue weighted by atomic mass is 35.5. The van der Waals surface area contributed by atoms with Gasteiger partial charge >= 0.3 is 0 Å². The van der Waals surface area contributed by atoms with E-state index in [0.29, 0.717) is 16.8 Å². The first-order valence-electron chi connectivity index (χ1n) is 7.69. The van der Waals surface area contributed by atoms with Crippen molar-refractivity contribution in [2.45, 2.75) is 6.54 Å². The van der Waals surface area contributed by atoms with Crippen LogP contribution in [0.15, 0.2) is 40.9 Å². The van der Waals surface area contributed by atoms with Crippen molar-refractivity contribution in [1.29, 1.82) is 0 Å². The molecule has 0 saturated carbocycles. The van der Waals surface area contributed by atoms with E-state index in [0.717, 1.165) is 6.07 Å². The van der Waals surface area contributed by atoms with Crippen LogP contribution in [0.4, 0.5) is 4.39 Å². The number of halogens is 2. The Kier molecular flexibility index (Phi) is 5.14. The van der Waals surface area contributed by atoms with Crippen molar-refractivity contribution in [3.05, 3.63) is 52.9 Å². The summed E-state index contributed by atoms with van der Waals surface area (Å²) >= 11 is 5.95. The van der Waals surface area contributed by atoms with Crippen molar-refractivity contribution in [1.82, 2.24) is 9.88 Å². The second kappa shape index (κ2) is 7.22. The minimum Gasteiger partial charge on any atom is -0.507 e. The first kappa shape index (κ1) is 19.2. The Bertz CT molecular complexity index is 1100. The molecule has 3 aromatic rings. The molecule has 0 aliphatic carbocycles. The highest BCUT2D eigenvalue weighted by molar-refractivity contribution is 7.97. The molecule has 0 aliphatic rings. The molecule has 1 heterocycles. The second-order valence-corrected chi connectivity index (χ2v) is 8.69. The number of rotatable bonds is 5. The number of phenolic OH excluding ortho intramolecular Hbond substituents is 2. The fourth-order valence-corrected chi connectivity index (χ4v) is 3.10. The standard InChI is InChI=1S/C18H16ClFN2O4S/c1-27(2,25)21-9-14-17(10-3-5-11(20)6-4-10)18(26-22-14)12-7-13(19)16(24)8-15(12)23/h3-8,23-24H,1,9H2,2H3,(H,21,25). The summed E-state index contributed by atoms with van der Waals surface area (Å²) < 4.78 is 33.3. The zero-order valence-electron chi connectivity index (χ0n) is 14.2. The van der Waals surface area contributed by atoms with E-state index in [-0.39, 0.29) is 34.4 Å². The van der Waals surface area contributed by atoms with Gasteiger partial charge < -0.3 is 14.7 Å². The van der Waals surface area contributed by atoms with Crippen LogP contribution in [0.5, 0.6) is 11.5 Å². The Morgan fingerprint density at radius 1 is 1.26 bits per heavy atom. The summed E-state index contributed by atoms with van der Waals surface area (Å²) in [5.74, 6) is 2.72. The van der Waals surface area contributed by atoms with Crippen molar-refractivity contribution in [3.8, 4) is 33.9 Å². The Morgan fingerprint density at radius 2 is 1.93 bits per heavy atom. The van der Waals surface area contributed by atoms with Crippen LogP contribution in [-0.2, 0) is 16.3 Å². The van der Waals surface area contributed by atoms with Crippen LogP contribution in [0.2, 0.25) is 5.02 Å². The summed E-state index contributed by atoms with van der Waals surface area (Å²) in [7, 11) is -2.50. The van der Waals surface area contributed by atoms with Gasteiger partial charge in [-0.15, -0.1) is 0 Å². The highest BCUT2D eigenvalue weighted by Gasteiger charge is 2.23. The first-order valence-corrected chi connectivity index (χ1v) is 10.2. The minimum absolute atomic E-state index is 0.0123. The maximum Gasteiger partial charge on any atom is 0.178 e. The van der Waals surface area contributed by atoms with Crippen LogP contribution in [0.25, 0.3) is 22.5 Å². The lowest BCUT2D eigenvalue weighted by molar-refractivity contribution is 0.416. The molecule has 1 aromatic heterocycles. The summed E-state index contributed by atoms with van der Waals surface area (Å²) in [4.78, 5) is 0. The van der Waals surface area contributed by atoms with Crippen LogP contribution in [0.1, 0.15) is 5.69 Å². The number of nitrogens with one attached hydrogen (secondary N) is 1. The third kappa shape index (κ3) is 4.24. The fourth-order valence-electron chi connectivity index (χ4n) is 2.50. The summed E-state index contributed by atoms with van der Waals surface area (Å²) in [5, 5.41) is 23.9. The van der Waals surface area contributed by atoms with Gasteiger partial charge in [-0.2, -0.15) is 0 Å². The Balaban J connectivity index is 2.18. The number of aromatic hydroxyl groups is 2. The maximum absolute atomic E-state index is 13.3. The molecule has 6 nitrogen and oxygen atoms in total. The zero-order chi connectivity index (χ0) is 19.8. The molecule has 3 N–H and O–H groups in total. The lowest BCUT2D eigenvalue weighted by Gasteiger charge is -2.09. The molecule has 0 radical (unpaired) electrons. The van der Waals surface area contributed by atoms with Gasteiger partial charge in [0.25, 0.3) is 0 Å². The quantitative estimate of drug-likeness (QED) is 0.559. The summed E-state index contributed by atoms with van der Waals surface area (Å²) in [6.45, 7) is 0.0711. The molecule has 0 bridgehead atoms. The molecule has 0 fully saturated rings. The van der Waals surface area contributed by atoms with Crippen LogP contribution in [0.3, 0.4) is 0 Å². The summed E-state index contributed by atoms with van der Waals surface area (Å²) in [6.07, 6.45) is 1.44. The van der Waals surface area contributed by atoms with Gasteiger partial charge in [-0.05, 0) is 29.6 Å². The van der Waals surface area contributed by atoms with Crippen molar-refractivity contribution < 1.29 is 23.3 Å². The van der Waals surface area contributed by atoms with Crippen LogP contribution in [-0.4, -0.2) is 31.7 Å². The van der Waals surface area contributed by atoms with E-state index >= 15 is 0 Å². The monoisotopic (exact) mass is 410 g/mol. The van der Waals surface area contributed by atoms with Crippen molar-refractivity contribution in [2.75, 3.05) is 6.26 Å². The van der Waals surface area contributed by atoms with Crippen LogP contribution in [0, 0.1) is 5.82 Å². The molecular formula is C18H16ClFN2O4S. The van der Waals surface area contributed by atoms with E-state index in [4.69, 9.17) is 16.1 Å². The average molecular weight is 411 g/mol. The largest absolute Gasteiger partial charge is 0.507 e. The molecule has 9 heteroatoms. The molecule has 1 atom stereocenters. The van der Waals surface area contributed by atoms with Gasteiger partial charge in [-0.3, -0.25) is 4.21 Å². The normalized spacial score (nSPS) is 13.4. The smallest absolute Gasteiger partial charge is 0.178 e. The molecular weight excluding hydrogens is 395 g/mol. The van der Waals surface area contributed by atoms with E-state index in [1.54, 1.807) is 0 Å². The predicted molar refractivity (Wildman–Crippen MR) is 104 cm³/mol. The number of aromatic nitrogens is 1. The average Bonchev–Trinajstić information content (AvgIpc) is 3.00. The number of phenols is 2. The zero-order valence-corrected chi connectivity index (χ0v) is 15.8. The minimum atomic E-state index is -2.50. The van der Waals surface area contributed by atoms with E-state index in [9.17, 15) is 18.8 Å². The van der Waals surface area contributed by atoms with Gasteiger partial charge in [0.15, 0.2) is 5.76 Å². The number of hydrogen-bond donors (Lipinski definition) is 3. The van der Waals surface area contributed by atoms with Gasteiger partial charge in [0.05, 0.1) is 22.7 Å². The Morgan fingerprint density at radius 3 is 2.56 bits per heavy atom. The van der Waals surface area contributed by atoms with Crippen LogP contribution < -0.4 is 4.72 Å². The molecule has 0 amide bonds.